The molecule has 2 unspecified atom stereocenters. The van der Waals surface area contributed by atoms with Gasteiger partial charge in [0.05, 0.1) is 12.2 Å². The predicted molar refractivity (Wildman–Crippen MR) is 80.7 cm³/mol. The molecule has 21 heavy (non-hydrogen) atoms. The molecular formula is C15H19NO4S. The highest BCUT2D eigenvalue weighted by atomic mass is 32.2. The maximum absolute atomic E-state index is 12.3. The topological polar surface area (TPSA) is 75.6 Å². The number of hydrogen-bond donors (Lipinski definition) is 2. The molecule has 0 aliphatic carbocycles. The molecule has 1 aromatic carbocycles. The van der Waals surface area contributed by atoms with Gasteiger partial charge in [-0.25, -0.2) is 0 Å². The van der Waals surface area contributed by atoms with Gasteiger partial charge in [-0.3, -0.25) is 9.59 Å². The van der Waals surface area contributed by atoms with Gasteiger partial charge in [0, 0.05) is 24.0 Å². The van der Waals surface area contributed by atoms with Gasteiger partial charge in [0.25, 0.3) is 5.91 Å². The van der Waals surface area contributed by atoms with Crippen LogP contribution in [0.2, 0.25) is 0 Å². The van der Waals surface area contributed by atoms with Crippen molar-refractivity contribution in [3.8, 4) is 0 Å². The first-order chi connectivity index (χ1) is 10.1. The highest BCUT2D eigenvalue weighted by Crippen LogP contribution is 2.27. The van der Waals surface area contributed by atoms with E-state index < -0.39 is 11.2 Å². The lowest BCUT2D eigenvalue weighted by molar-refractivity contribution is -0.136. The summed E-state index contributed by atoms with van der Waals surface area (Å²) in [6.07, 6.45) is 0.965. The lowest BCUT2D eigenvalue weighted by atomic mass is 10.1. The summed E-state index contributed by atoms with van der Waals surface area (Å²) in [7, 11) is 0. The molecule has 0 saturated carbocycles. The summed E-state index contributed by atoms with van der Waals surface area (Å²) in [6.45, 7) is 3.64. The van der Waals surface area contributed by atoms with Crippen molar-refractivity contribution in [2.24, 2.45) is 5.92 Å². The van der Waals surface area contributed by atoms with Crippen LogP contribution < -0.4 is 5.32 Å². The molecule has 5 nitrogen and oxygen atoms in total. The van der Waals surface area contributed by atoms with Crippen molar-refractivity contribution in [2.45, 2.75) is 23.5 Å². The quantitative estimate of drug-likeness (QED) is 0.786. The molecule has 0 spiro atoms. The highest BCUT2D eigenvalue weighted by Gasteiger charge is 2.20. The van der Waals surface area contributed by atoms with Crippen molar-refractivity contribution >= 4 is 23.6 Å². The van der Waals surface area contributed by atoms with E-state index >= 15 is 0 Å². The minimum absolute atomic E-state index is 0.164. The highest BCUT2D eigenvalue weighted by molar-refractivity contribution is 8.00. The van der Waals surface area contributed by atoms with E-state index in [9.17, 15) is 9.59 Å². The summed E-state index contributed by atoms with van der Waals surface area (Å²) in [5, 5.41) is 11.3. The molecule has 1 saturated heterocycles. The Hall–Kier alpha value is -1.53. The standard InChI is InChI=1S/C15H19NO4S/c1-10(15(18)19)21-13-5-3-2-4-12(13)14(17)16-8-11-6-7-20-9-11/h2-5,10-11H,6-9H2,1H3,(H,16,17)(H,18,19). The van der Waals surface area contributed by atoms with Gasteiger partial charge >= 0.3 is 5.97 Å². The van der Waals surface area contributed by atoms with Crippen molar-refractivity contribution in [1.29, 1.82) is 0 Å². The van der Waals surface area contributed by atoms with Crippen molar-refractivity contribution in [1.82, 2.24) is 5.32 Å². The van der Waals surface area contributed by atoms with Crippen LogP contribution in [-0.4, -0.2) is 42.0 Å². The Labute approximate surface area is 128 Å². The molecule has 0 bridgehead atoms. The molecule has 1 aliphatic heterocycles. The Morgan fingerprint density at radius 1 is 1.48 bits per heavy atom. The van der Waals surface area contributed by atoms with E-state index in [4.69, 9.17) is 9.84 Å². The molecule has 114 valence electrons. The summed E-state index contributed by atoms with van der Waals surface area (Å²) < 4.78 is 5.28. The zero-order valence-electron chi connectivity index (χ0n) is 11.9. The van der Waals surface area contributed by atoms with Gasteiger partial charge in [0.2, 0.25) is 0 Å². The van der Waals surface area contributed by atoms with Crippen LogP contribution in [0.25, 0.3) is 0 Å². The van der Waals surface area contributed by atoms with E-state index in [1.54, 1.807) is 31.2 Å². The summed E-state index contributed by atoms with van der Waals surface area (Å²) in [4.78, 5) is 23.9. The largest absolute Gasteiger partial charge is 0.480 e. The number of benzene rings is 1. The zero-order chi connectivity index (χ0) is 15.2. The SMILES string of the molecule is CC(Sc1ccccc1C(=O)NCC1CCOC1)C(=O)O. The number of ether oxygens (including phenoxy) is 1. The smallest absolute Gasteiger partial charge is 0.316 e. The number of carbonyl (C=O) groups is 2. The van der Waals surface area contributed by atoms with Crippen LogP contribution in [0.5, 0.6) is 0 Å². The van der Waals surface area contributed by atoms with E-state index in [1.165, 1.54) is 11.8 Å². The number of nitrogens with one attached hydrogen (secondary N) is 1. The summed E-state index contributed by atoms with van der Waals surface area (Å²) in [5.41, 5.74) is 0.523. The maximum Gasteiger partial charge on any atom is 0.316 e. The lowest BCUT2D eigenvalue weighted by Gasteiger charge is -2.13. The summed E-state index contributed by atoms with van der Waals surface area (Å²) >= 11 is 1.18. The van der Waals surface area contributed by atoms with Gasteiger partial charge in [-0.1, -0.05) is 12.1 Å². The fourth-order valence-corrected chi connectivity index (χ4v) is 3.00. The third kappa shape index (κ3) is 4.47. The lowest BCUT2D eigenvalue weighted by Crippen LogP contribution is -2.30. The van der Waals surface area contributed by atoms with Crippen LogP contribution in [0.3, 0.4) is 0 Å². The van der Waals surface area contributed by atoms with E-state index in [1.807, 2.05) is 0 Å². The van der Waals surface area contributed by atoms with Gasteiger partial charge in [0.15, 0.2) is 0 Å². The molecule has 1 aromatic rings. The second-order valence-corrected chi connectivity index (χ2v) is 6.42. The molecule has 2 N–H and O–H groups in total. The Morgan fingerprint density at radius 2 is 2.24 bits per heavy atom. The van der Waals surface area contributed by atoms with Gasteiger partial charge in [-0.05, 0) is 25.5 Å². The van der Waals surface area contributed by atoms with E-state index in [2.05, 4.69) is 5.32 Å². The monoisotopic (exact) mass is 309 g/mol. The van der Waals surface area contributed by atoms with Crippen molar-refractivity contribution in [3.63, 3.8) is 0 Å². The van der Waals surface area contributed by atoms with Gasteiger partial charge in [-0.2, -0.15) is 0 Å². The average molecular weight is 309 g/mol. The van der Waals surface area contributed by atoms with Crippen LogP contribution in [0, 0.1) is 5.92 Å². The molecule has 2 atom stereocenters. The second-order valence-electron chi connectivity index (χ2n) is 5.03. The molecule has 0 aromatic heterocycles. The molecule has 0 radical (unpaired) electrons. The van der Waals surface area contributed by atoms with E-state index in [-0.39, 0.29) is 5.91 Å². The first-order valence-electron chi connectivity index (χ1n) is 6.92. The van der Waals surface area contributed by atoms with Crippen molar-refractivity contribution < 1.29 is 19.4 Å². The first kappa shape index (κ1) is 15.9. The number of amides is 1. The molecule has 1 fully saturated rings. The van der Waals surface area contributed by atoms with Crippen molar-refractivity contribution in [3.05, 3.63) is 29.8 Å². The zero-order valence-corrected chi connectivity index (χ0v) is 12.7. The minimum atomic E-state index is -0.890. The number of carboxylic acid groups (broad SMARTS) is 1. The maximum atomic E-state index is 12.3. The molecule has 1 aliphatic rings. The Bertz CT molecular complexity index is 514. The normalized spacial score (nSPS) is 19.2. The summed E-state index contributed by atoms with van der Waals surface area (Å²) in [5.74, 6) is -0.687. The van der Waals surface area contributed by atoms with Crippen LogP contribution >= 0.6 is 11.8 Å². The van der Waals surface area contributed by atoms with Gasteiger partial charge < -0.3 is 15.2 Å². The number of carbonyl (C=O) groups excluding carboxylic acids is 1. The second kappa shape index (κ2) is 7.47. The summed E-state index contributed by atoms with van der Waals surface area (Å²) in [6, 6.07) is 7.08. The number of rotatable bonds is 6. The molecule has 1 amide bonds. The van der Waals surface area contributed by atoms with E-state index in [0.29, 0.717) is 29.5 Å². The van der Waals surface area contributed by atoms with Crippen molar-refractivity contribution in [2.75, 3.05) is 19.8 Å². The van der Waals surface area contributed by atoms with Gasteiger partial charge in [-0.15, -0.1) is 11.8 Å². The third-order valence-electron chi connectivity index (χ3n) is 3.36. The predicted octanol–water partition coefficient (Wildman–Crippen LogP) is 2.02. The average Bonchev–Trinajstić information content (AvgIpc) is 2.98. The number of hydrogen-bond acceptors (Lipinski definition) is 4. The minimum Gasteiger partial charge on any atom is -0.480 e. The van der Waals surface area contributed by atoms with Crippen LogP contribution in [-0.2, 0) is 9.53 Å². The molecule has 2 rings (SSSR count). The van der Waals surface area contributed by atoms with Crippen LogP contribution in [0.4, 0.5) is 0 Å². The Balaban J connectivity index is 2.00. The van der Waals surface area contributed by atoms with Crippen LogP contribution in [0.15, 0.2) is 29.2 Å². The number of thioether (sulfide) groups is 1. The van der Waals surface area contributed by atoms with Gasteiger partial charge in [0.1, 0.15) is 5.25 Å². The first-order valence-corrected chi connectivity index (χ1v) is 7.80. The fraction of sp³-hybridized carbons (Fsp3) is 0.467. The Morgan fingerprint density at radius 3 is 2.90 bits per heavy atom. The number of carboxylic acids is 1. The molecule has 6 heteroatoms. The fourth-order valence-electron chi connectivity index (χ4n) is 2.07. The molecule has 1 heterocycles. The van der Waals surface area contributed by atoms with E-state index in [0.717, 1.165) is 13.0 Å². The number of aliphatic carboxylic acids is 1. The van der Waals surface area contributed by atoms with Crippen LogP contribution in [0.1, 0.15) is 23.7 Å². The molecular weight excluding hydrogens is 290 g/mol. The Kier molecular flexibility index (Phi) is 5.64. The third-order valence-corrected chi connectivity index (χ3v) is 4.52.